The average Bonchev–Trinajstić information content (AvgIpc) is 3.33. The van der Waals surface area contributed by atoms with Gasteiger partial charge < -0.3 is 9.47 Å². The molecule has 4 rings (SSSR count). The topological polar surface area (TPSA) is 62.6 Å². The normalized spacial score (nSPS) is 18.3. The summed E-state index contributed by atoms with van der Waals surface area (Å²) in [7, 11) is 3.97. The largest absolute Gasteiger partial charge is 0.307 e. The minimum absolute atomic E-state index is 0.00268. The molecule has 1 aliphatic carbocycles. The maximum Gasteiger partial charge on any atom is 0.307 e. The molecule has 1 aromatic heterocycles. The predicted molar refractivity (Wildman–Crippen MR) is 134 cm³/mol. The summed E-state index contributed by atoms with van der Waals surface area (Å²) >= 11 is 1.32. The van der Waals surface area contributed by atoms with Gasteiger partial charge in [0.05, 0.1) is 10.2 Å². The summed E-state index contributed by atoms with van der Waals surface area (Å²) in [5.41, 5.74) is 2.30. The Bertz CT molecular complexity index is 1030. The number of fused-ring (bicyclic) bond motifs is 1. The third-order valence-electron chi connectivity index (χ3n) is 7.60. The quantitative estimate of drug-likeness (QED) is 0.382. The molecule has 2 fully saturated rings. The Kier molecular flexibility index (Phi) is 7.69. The van der Waals surface area contributed by atoms with Gasteiger partial charge in [0, 0.05) is 26.4 Å². The van der Waals surface area contributed by atoms with E-state index in [0.29, 0.717) is 19.4 Å². The van der Waals surface area contributed by atoms with E-state index in [0.717, 1.165) is 81.1 Å². The zero-order valence-corrected chi connectivity index (χ0v) is 20.9. The Morgan fingerprint density at radius 3 is 2.33 bits per heavy atom. The number of benzene rings is 1. The molecular weight excluding hydrogens is 434 g/mol. The molecule has 1 saturated heterocycles. The fourth-order valence-corrected chi connectivity index (χ4v) is 6.51. The molecule has 0 atom stereocenters. The number of carbonyl (C=O) groups is 2. The number of aromatic nitrogens is 1. The molecular formula is C26H37N3O3S. The van der Waals surface area contributed by atoms with Gasteiger partial charge in [-0.2, -0.15) is 0 Å². The highest BCUT2D eigenvalue weighted by Crippen LogP contribution is 2.46. The van der Waals surface area contributed by atoms with Crippen LogP contribution in [0.25, 0.3) is 10.2 Å². The molecule has 1 aromatic carbocycles. The molecule has 0 radical (unpaired) electrons. The van der Waals surface area contributed by atoms with E-state index in [1.165, 1.54) is 21.8 Å². The summed E-state index contributed by atoms with van der Waals surface area (Å²) in [5, 5.41) is 0. The summed E-state index contributed by atoms with van der Waals surface area (Å²) in [5.74, 6) is 0.116. The molecule has 2 aliphatic rings. The lowest BCUT2D eigenvalue weighted by Crippen LogP contribution is -2.47. The smallest absolute Gasteiger partial charge is 0.306 e. The van der Waals surface area contributed by atoms with E-state index in [9.17, 15) is 14.4 Å². The van der Waals surface area contributed by atoms with Gasteiger partial charge in [-0.15, -0.1) is 0 Å². The highest BCUT2D eigenvalue weighted by Gasteiger charge is 2.44. The van der Waals surface area contributed by atoms with Crippen LogP contribution < -0.4 is 4.87 Å². The first-order valence-corrected chi connectivity index (χ1v) is 13.3. The monoisotopic (exact) mass is 471 g/mol. The zero-order valence-electron chi connectivity index (χ0n) is 20.1. The Balaban J connectivity index is 1.11. The summed E-state index contributed by atoms with van der Waals surface area (Å²) in [6.45, 7) is 2.62. The van der Waals surface area contributed by atoms with Crippen molar-refractivity contribution in [3.8, 4) is 0 Å². The number of imide groups is 1. The lowest BCUT2D eigenvalue weighted by Gasteiger charge is -2.37. The van der Waals surface area contributed by atoms with Gasteiger partial charge in [-0.1, -0.05) is 30.2 Å². The third-order valence-corrected chi connectivity index (χ3v) is 8.60. The minimum Gasteiger partial charge on any atom is -0.306 e. The fourth-order valence-electron chi connectivity index (χ4n) is 5.57. The Hall–Kier alpha value is -1.99. The zero-order chi connectivity index (χ0) is 23.4. The second-order valence-electron chi connectivity index (χ2n) is 10.2. The lowest BCUT2D eigenvalue weighted by molar-refractivity contribution is -0.153. The number of likely N-dealkylation sites (tertiary alicyclic amines) is 1. The van der Waals surface area contributed by atoms with Gasteiger partial charge >= 0.3 is 4.87 Å². The molecule has 2 aromatic rings. The Labute approximate surface area is 200 Å². The van der Waals surface area contributed by atoms with Crippen molar-refractivity contribution in [1.29, 1.82) is 0 Å². The van der Waals surface area contributed by atoms with Gasteiger partial charge in [-0.05, 0) is 88.2 Å². The van der Waals surface area contributed by atoms with Crippen molar-refractivity contribution in [2.75, 3.05) is 26.7 Å². The van der Waals surface area contributed by atoms with Crippen LogP contribution >= 0.6 is 11.3 Å². The van der Waals surface area contributed by atoms with Gasteiger partial charge in [0.2, 0.25) is 11.8 Å². The van der Waals surface area contributed by atoms with Gasteiger partial charge in [0.1, 0.15) is 0 Å². The number of carbonyl (C=O) groups excluding carboxylic acids is 2. The first kappa shape index (κ1) is 24.1. The van der Waals surface area contributed by atoms with Crippen molar-refractivity contribution in [3.63, 3.8) is 0 Å². The van der Waals surface area contributed by atoms with Crippen LogP contribution in [-0.4, -0.2) is 52.9 Å². The van der Waals surface area contributed by atoms with Gasteiger partial charge in [-0.3, -0.25) is 19.3 Å². The number of rotatable bonds is 10. The first-order valence-electron chi connectivity index (χ1n) is 12.5. The SMILES string of the molecule is CN(CCCCc1ccc2c(c1)sc(=O)n2C)CCCCN1C(=O)CC2(CCCC2)CC1=O. The van der Waals surface area contributed by atoms with E-state index in [4.69, 9.17) is 0 Å². The maximum absolute atomic E-state index is 12.6. The van der Waals surface area contributed by atoms with Crippen LogP contribution in [0.5, 0.6) is 0 Å². The van der Waals surface area contributed by atoms with E-state index >= 15 is 0 Å². The summed E-state index contributed by atoms with van der Waals surface area (Å²) in [6.07, 6.45) is 10.7. The number of aryl methyl sites for hydroxylation is 2. The van der Waals surface area contributed by atoms with Crippen molar-refractivity contribution >= 4 is 33.4 Å². The number of amides is 2. The van der Waals surface area contributed by atoms with E-state index in [-0.39, 0.29) is 22.1 Å². The number of nitrogens with zero attached hydrogens (tertiary/aromatic N) is 3. The molecule has 7 heteroatoms. The summed E-state index contributed by atoms with van der Waals surface area (Å²) in [4.78, 5) is 40.9. The second-order valence-corrected chi connectivity index (χ2v) is 11.2. The molecule has 2 amide bonds. The lowest BCUT2D eigenvalue weighted by atomic mass is 9.76. The molecule has 6 nitrogen and oxygen atoms in total. The first-order chi connectivity index (χ1) is 15.9. The molecule has 0 bridgehead atoms. The predicted octanol–water partition coefficient (Wildman–Crippen LogP) is 4.34. The molecule has 180 valence electrons. The van der Waals surface area contributed by atoms with Gasteiger partial charge in [0.25, 0.3) is 0 Å². The van der Waals surface area contributed by atoms with Gasteiger partial charge in [0.15, 0.2) is 0 Å². The second kappa shape index (κ2) is 10.5. The third kappa shape index (κ3) is 5.75. The number of hydrogen-bond acceptors (Lipinski definition) is 5. The average molecular weight is 472 g/mol. The van der Waals surface area contributed by atoms with Crippen molar-refractivity contribution < 1.29 is 9.59 Å². The van der Waals surface area contributed by atoms with Crippen molar-refractivity contribution in [2.45, 2.75) is 70.6 Å². The molecule has 1 saturated carbocycles. The highest BCUT2D eigenvalue weighted by molar-refractivity contribution is 7.16. The van der Waals surface area contributed by atoms with Crippen LogP contribution in [0, 0.1) is 5.41 Å². The fraction of sp³-hybridized carbons (Fsp3) is 0.654. The number of piperidine rings is 1. The molecule has 0 unspecified atom stereocenters. The number of unbranched alkanes of at least 4 members (excludes halogenated alkanes) is 2. The number of hydrogen-bond donors (Lipinski definition) is 0. The number of thiazole rings is 1. The van der Waals surface area contributed by atoms with Crippen LogP contribution in [0.2, 0.25) is 0 Å². The van der Waals surface area contributed by atoms with E-state index in [1.54, 1.807) is 4.57 Å². The van der Waals surface area contributed by atoms with E-state index in [2.05, 4.69) is 30.1 Å². The molecule has 2 heterocycles. The van der Waals surface area contributed by atoms with Crippen molar-refractivity contribution in [3.05, 3.63) is 33.4 Å². The highest BCUT2D eigenvalue weighted by atomic mass is 32.1. The standard InChI is InChI=1S/C26H37N3O3S/c1-27(14-6-3-9-20-10-11-21-22(17-20)33-25(32)28(21)2)15-7-8-16-29-23(30)18-26(19-24(29)31)12-4-5-13-26/h10-11,17H,3-9,12-16,18-19H2,1-2H3. The van der Waals surface area contributed by atoms with Gasteiger partial charge in [-0.25, -0.2) is 0 Å². The van der Waals surface area contributed by atoms with Crippen LogP contribution in [0.4, 0.5) is 0 Å². The molecule has 1 aliphatic heterocycles. The molecule has 33 heavy (non-hydrogen) atoms. The van der Waals surface area contributed by atoms with E-state index < -0.39 is 0 Å². The van der Waals surface area contributed by atoms with Crippen molar-refractivity contribution in [2.24, 2.45) is 12.5 Å². The molecule has 1 spiro atoms. The summed E-state index contributed by atoms with van der Waals surface area (Å²) in [6, 6.07) is 6.35. The maximum atomic E-state index is 12.6. The van der Waals surface area contributed by atoms with Crippen LogP contribution in [0.3, 0.4) is 0 Å². The van der Waals surface area contributed by atoms with Crippen LogP contribution in [0.15, 0.2) is 23.0 Å². The van der Waals surface area contributed by atoms with Crippen molar-refractivity contribution in [1.82, 2.24) is 14.4 Å². The van der Waals surface area contributed by atoms with Crippen LogP contribution in [0.1, 0.15) is 69.8 Å². The van der Waals surface area contributed by atoms with E-state index in [1.807, 2.05) is 7.05 Å². The Morgan fingerprint density at radius 2 is 1.64 bits per heavy atom. The summed E-state index contributed by atoms with van der Waals surface area (Å²) < 4.78 is 2.78. The Morgan fingerprint density at radius 1 is 0.970 bits per heavy atom. The van der Waals surface area contributed by atoms with Crippen LogP contribution in [-0.2, 0) is 23.1 Å². The molecule has 0 N–H and O–H groups in total. The minimum atomic E-state index is -0.00268.